The number of carbonyl (C=O) groups excluding carboxylic acids is 1. The monoisotopic (exact) mass is 251 g/mol. The number of hydrogen-bond donors (Lipinski definition) is 2. The van der Waals surface area contributed by atoms with Crippen molar-refractivity contribution in [2.24, 2.45) is 13.0 Å². The Morgan fingerprint density at radius 3 is 2.89 bits per heavy atom. The van der Waals surface area contributed by atoms with Crippen LogP contribution in [0.1, 0.15) is 41.9 Å². The van der Waals surface area contributed by atoms with Crippen molar-refractivity contribution in [2.75, 3.05) is 6.54 Å². The van der Waals surface area contributed by atoms with Crippen molar-refractivity contribution < 1.29 is 9.90 Å². The van der Waals surface area contributed by atoms with Crippen LogP contribution in [-0.4, -0.2) is 33.4 Å². The first-order valence-electron chi connectivity index (χ1n) is 6.55. The highest BCUT2D eigenvalue weighted by Gasteiger charge is 2.23. The summed E-state index contributed by atoms with van der Waals surface area (Å²) in [4.78, 5) is 11.9. The second-order valence-electron chi connectivity index (χ2n) is 5.12. The van der Waals surface area contributed by atoms with Gasteiger partial charge in [-0.15, -0.1) is 0 Å². The van der Waals surface area contributed by atoms with Crippen molar-refractivity contribution in [1.29, 1.82) is 0 Å². The Hall–Kier alpha value is -1.36. The average Bonchev–Trinajstić information content (AvgIpc) is 2.68. The fourth-order valence-electron chi connectivity index (χ4n) is 2.41. The Kier molecular flexibility index (Phi) is 4.01. The number of nitrogens with zero attached hydrogens (tertiary/aromatic N) is 2. The molecule has 0 spiro atoms. The maximum Gasteiger partial charge on any atom is 0.271 e. The van der Waals surface area contributed by atoms with E-state index >= 15 is 0 Å². The molecule has 1 fully saturated rings. The summed E-state index contributed by atoms with van der Waals surface area (Å²) in [5.41, 5.74) is 1.40. The zero-order valence-corrected chi connectivity index (χ0v) is 11.0. The van der Waals surface area contributed by atoms with Gasteiger partial charge in [0.15, 0.2) is 0 Å². The molecule has 1 heterocycles. The molecule has 2 N–H and O–H groups in total. The third-order valence-corrected chi connectivity index (χ3v) is 3.74. The van der Waals surface area contributed by atoms with E-state index in [1.54, 1.807) is 10.7 Å². The second-order valence-corrected chi connectivity index (χ2v) is 5.12. The molecule has 1 aliphatic rings. The largest absolute Gasteiger partial charge is 0.393 e. The highest BCUT2D eigenvalue weighted by molar-refractivity contribution is 5.92. The van der Waals surface area contributed by atoms with E-state index in [0.29, 0.717) is 12.2 Å². The molecule has 2 rings (SSSR count). The van der Waals surface area contributed by atoms with E-state index < -0.39 is 0 Å². The van der Waals surface area contributed by atoms with Crippen molar-refractivity contribution in [3.05, 3.63) is 17.5 Å². The Morgan fingerprint density at radius 1 is 1.56 bits per heavy atom. The third-order valence-electron chi connectivity index (χ3n) is 3.74. The summed E-state index contributed by atoms with van der Waals surface area (Å²) in [6.07, 6.45) is 3.79. The molecule has 0 aromatic carbocycles. The molecule has 0 radical (unpaired) electrons. The van der Waals surface area contributed by atoms with E-state index in [4.69, 9.17) is 0 Å². The summed E-state index contributed by atoms with van der Waals surface area (Å²) >= 11 is 0. The first-order valence-corrected chi connectivity index (χ1v) is 6.55. The first-order chi connectivity index (χ1) is 8.58. The molecule has 0 saturated heterocycles. The van der Waals surface area contributed by atoms with Crippen molar-refractivity contribution in [3.63, 3.8) is 0 Å². The van der Waals surface area contributed by atoms with Gasteiger partial charge in [-0.3, -0.25) is 9.48 Å². The topological polar surface area (TPSA) is 67.2 Å². The Balaban J connectivity index is 1.88. The van der Waals surface area contributed by atoms with Gasteiger partial charge in [-0.2, -0.15) is 5.10 Å². The van der Waals surface area contributed by atoms with Crippen LogP contribution < -0.4 is 5.32 Å². The van der Waals surface area contributed by atoms with Crippen LogP contribution in [0.15, 0.2) is 6.07 Å². The first kappa shape index (κ1) is 13.1. The lowest BCUT2D eigenvalue weighted by atomic mass is 9.86. The number of carbonyl (C=O) groups is 1. The highest BCUT2D eigenvalue weighted by atomic mass is 16.3. The van der Waals surface area contributed by atoms with Gasteiger partial charge in [0.2, 0.25) is 0 Å². The summed E-state index contributed by atoms with van der Waals surface area (Å²) in [6.45, 7) is 2.45. The molecule has 1 aromatic heterocycles. The second kappa shape index (κ2) is 5.52. The lowest BCUT2D eigenvalue weighted by molar-refractivity contribution is 0.0661. The van der Waals surface area contributed by atoms with E-state index in [1.165, 1.54) is 0 Å². The zero-order valence-electron chi connectivity index (χ0n) is 11.0. The molecule has 1 saturated carbocycles. The molecular weight excluding hydrogens is 230 g/mol. The number of hydrogen-bond acceptors (Lipinski definition) is 3. The summed E-state index contributed by atoms with van der Waals surface area (Å²) in [5, 5.41) is 16.8. The fourth-order valence-corrected chi connectivity index (χ4v) is 2.41. The molecule has 1 amide bonds. The van der Waals surface area contributed by atoms with Crippen LogP contribution in [-0.2, 0) is 7.05 Å². The maximum absolute atomic E-state index is 11.9. The average molecular weight is 251 g/mol. The number of aromatic nitrogens is 2. The van der Waals surface area contributed by atoms with Gasteiger partial charge in [-0.05, 0) is 25.8 Å². The quantitative estimate of drug-likeness (QED) is 0.842. The molecule has 5 nitrogen and oxygen atoms in total. The third kappa shape index (κ3) is 2.90. The molecule has 0 aliphatic heterocycles. The SMILES string of the molecule is Cc1cc(C(=O)NCC2CCCCC2O)nn1C. The molecule has 5 heteroatoms. The van der Waals surface area contributed by atoms with Gasteiger partial charge in [0.1, 0.15) is 5.69 Å². The molecular formula is C13H21N3O2. The number of aliphatic hydroxyl groups excluding tert-OH is 1. The lowest BCUT2D eigenvalue weighted by Crippen LogP contribution is -2.36. The molecule has 18 heavy (non-hydrogen) atoms. The van der Waals surface area contributed by atoms with Gasteiger partial charge < -0.3 is 10.4 Å². The van der Waals surface area contributed by atoms with Crippen molar-refractivity contribution >= 4 is 5.91 Å². The standard InChI is InChI=1S/C13H21N3O2/c1-9-7-11(15-16(9)2)13(18)14-8-10-5-3-4-6-12(10)17/h7,10,12,17H,3-6,8H2,1-2H3,(H,14,18). The Labute approximate surface area is 107 Å². The summed E-state index contributed by atoms with van der Waals surface area (Å²) in [6, 6.07) is 1.77. The molecule has 100 valence electrons. The van der Waals surface area contributed by atoms with Gasteiger partial charge in [0.05, 0.1) is 6.10 Å². The normalized spacial score (nSPS) is 23.9. The number of rotatable bonds is 3. The number of aliphatic hydroxyl groups is 1. The summed E-state index contributed by atoms with van der Waals surface area (Å²) in [5.74, 6) is 0.0315. The zero-order chi connectivity index (χ0) is 13.1. The molecule has 2 atom stereocenters. The van der Waals surface area contributed by atoms with Crippen LogP contribution in [0.2, 0.25) is 0 Å². The van der Waals surface area contributed by atoms with Crippen LogP contribution in [0.25, 0.3) is 0 Å². The summed E-state index contributed by atoms with van der Waals surface area (Å²) in [7, 11) is 1.82. The molecule has 0 bridgehead atoms. The van der Waals surface area contributed by atoms with E-state index in [0.717, 1.165) is 31.4 Å². The van der Waals surface area contributed by atoms with Gasteiger partial charge in [0, 0.05) is 25.2 Å². The van der Waals surface area contributed by atoms with Gasteiger partial charge >= 0.3 is 0 Å². The van der Waals surface area contributed by atoms with Crippen molar-refractivity contribution in [2.45, 2.75) is 38.7 Å². The van der Waals surface area contributed by atoms with Gasteiger partial charge in [0.25, 0.3) is 5.91 Å². The Morgan fingerprint density at radius 2 is 2.28 bits per heavy atom. The smallest absolute Gasteiger partial charge is 0.271 e. The Bertz CT molecular complexity index is 408. The molecule has 2 unspecified atom stereocenters. The van der Waals surface area contributed by atoms with E-state index in [-0.39, 0.29) is 17.9 Å². The fraction of sp³-hybridized carbons (Fsp3) is 0.692. The van der Waals surface area contributed by atoms with Crippen LogP contribution in [0, 0.1) is 12.8 Å². The number of nitrogens with one attached hydrogen (secondary N) is 1. The van der Waals surface area contributed by atoms with Gasteiger partial charge in [-0.25, -0.2) is 0 Å². The maximum atomic E-state index is 11.9. The minimum absolute atomic E-state index is 0.156. The highest BCUT2D eigenvalue weighted by Crippen LogP contribution is 2.23. The number of amides is 1. The molecule has 1 aromatic rings. The van der Waals surface area contributed by atoms with E-state index in [2.05, 4.69) is 10.4 Å². The van der Waals surface area contributed by atoms with Crippen LogP contribution in [0.3, 0.4) is 0 Å². The van der Waals surface area contributed by atoms with Gasteiger partial charge in [-0.1, -0.05) is 12.8 Å². The van der Waals surface area contributed by atoms with Crippen LogP contribution in [0.5, 0.6) is 0 Å². The van der Waals surface area contributed by atoms with Crippen molar-refractivity contribution in [3.8, 4) is 0 Å². The minimum Gasteiger partial charge on any atom is -0.393 e. The van der Waals surface area contributed by atoms with E-state index in [1.807, 2.05) is 14.0 Å². The predicted octanol–water partition coefficient (Wildman–Crippen LogP) is 1.01. The minimum atomic E-state index is -0.274. The predicted molar refractivity (Wildman–Crippen MR) is 68.2 cm³/mol. The lowest BCUT2D eigenvalue weighted by Gasteiger charge is -2.27. The van der Waals surface area contributed by atoms with E-state index in [9.17, 15) is 9.90 Å². The van der Waals surface area contributed by atoms with Crippen molar-refractivity contribution in [1.82, 2.24) is 15.1 Å². The van der Waals surface area contributed by atoms with Crippen LogP contribution >= 0.6 is 0 Å². The number of aryl methyl sites for hydroxylation is 2. The van der Waals surface area contributed by atoms with Crippen LogP contribution in [0.4, 0.5) is 0 Å². The molecule has 1 aliphatic carbocycles. The summed E-state index contributed by atoms with van der Waals surface area (Å²) < 4.78 is 1.68.